The van der Waals surface area contributed by atoms with Crippen LogP contribution in [0.25, 0.3) is 17.0 Å². The molecule has 0 spiro atoms. The van der Waals surface area contributed by atoms with Crippen molar-refractivity contribution in [2.45, 2.75) is 6.54 Å². The lowest BCUT2D eigenvalue weighted by molar-refractivity contribution is -0.113. The second kappa shape index (κ2) is 8.75. The number of anilines is 1. The summed E-state index contributed by atoms with van der Waals surface area (Å²) in [5.41, 5.74) is 3.89. The molecule has 3 aromatic carbocycles. The molecule has 1 aromatic heterocycles. The number of halogens is 2. The zero-order valence-electron chi connectivity index (χ0n) is 16.7. The molecular weight excluding hydrogens is 479 g/mol. The molecule has 1 amide bonds. The summed E-state index contributed by atoms with van der Waals surface area (Å²) in [5, 5.41) is 2.36. The molecule has 0 N–H and O–H groups in total. The Labute approximate surface area is 205 Å². The van der Waals surface area contributed by atoms with Crippen LogP contribution in [-0.4, -0.2) is 14.8 Å². The minimum absolute atomic E-state index is 0.142. The average Bonchev–Trinajstić information content (AvgIpc) is 3.26. The Hall–Kier alpha value is -2.57. The van der Waals surface area contributed by atoms with Crippen LogP contribution in [0.15, 0.2) is 83.9 Å². The van der Waals surface area contributed by atoms with Crippen molar-refractivity contribution in [3.63, 3.8) is 0 Å². The Morgan fingerprint density at radius 3 is 2.50 bits per heavy atom. The molecule has 0 atom stereocenters. The number of nitrogens with zero attached hydrogens (tertiary/aromatic N) is 2. The van der Waals surface area contributed by atoms with Crippen molar-refractivity contribution in [2.75, 3.05) is 4.90 Å². The summed E-state index contributed by atoms with van der Waals surface area (Å²) in [7, 11) is 0. The van der Waals surface area contributed by atoms with Gasteiger partial charge in [0, 0.05) is 39.3 Å². The highest BCUT2D eigenvalue weighted by Gasteiger charge is 2.33. The second-order valence-corrected chi connectivity index (χ2v) is 9.90. The van der Waals surface area contributed by atoms with Gasteiger partial charge in [-0.1, -0.05) is 83.6 Å². The molecule has 2 heterocycles. The number of amides is 1. The molecule has 4 aromatic rings. The van der Waals surface area contributed by atoms with E-state index in [2.05, 4.69) is 22.9 Å². The Morgan fingerprint density at radius 1 is 0.938 bits per heavy atom. The minimum Gasteiger partial charge on any atom is -0.342 e. The number of thioether (sulfide) groups is 1. The van der Waals surface area contributed by atoms with E-state index in [4.69, 9.17) is 35.4 Å². The number of rotatable bonds is 4. The van der Waals surface area contributed by atoms with Crippen LogP contribution in [0.1, 0.15) is 11.1 Å². The standard InChI is InChI=1S/C25H16Cl2N2OS2/c26-18-10-8-16(9-11-18)14-28-15-17(21-6-1-2-7-22(21)28)12-23-24(30)29(25(31)32-23)20-5-3-4-19(27)13-20/h1-13,15H,14H2/b23-12+. The van der Waals surface area contributed by atoms with Gasteiger partial charge in [0.15, 0.2) is 4.32 Å². The van der Waals surface area contributed by atoms with Gasteiger partial charge in [-0.05, 0) is 48.0 Å². The van der Waals surface area contributed by atoms with E-state index >= 15 is 0 Å². The lowest BCUT2D eigenvalue weighted by Crippen LogP contribution is -2.27. The van der Waals surface area contributed by atoms with Gasteiger partial charge in [0.05, 0.1) is 10.6 Å². The number of hydrogen-bond donors (Lipinski definition) is 0. The van der Waals surface area contributed by atoms with Crippen molar-refractivity contribution in [3.05, 3.63) is 105 Å². The third-order valence-corrected chi connectivity index (χ3v) is 7.02. The third-order valence-electron chi connectivity index (χ3n) is 5.23. The smallest absolute Gasteiger partial charge is 0.270 e. The summed E-state index contributed by atoms with van der Waals surface area (Å²) >= 11 is 18.9. The average molecular weight is 495 g/mol. The molecule has 0 unspecified atom stereocenters. The van der Waals surface area contributed by atoms with E-state index in [-0.39, 0.29) is 5.91 Å². The van der Waals surface area contributed by atoms with E-state index in [1.807, 2.05) is 54.6 Å². The fourth-order valence-corrected chi connectivity index (χ4v) is 5.35. The van der Waals surface area contributed by atoms with Gasteiger partial charge in [0.2, 0.25) is 0 Å². The molecule has 3 nitrogen and oxygen atoms in total. The van der Waals surface area contributed by atoms with E-state index in [0.717, 1.165) is 22.0 Å². The number of para-hydroxylation sites is 1. The summed E-state index contributed by atoms with van der Waals surface area (Å²) < 4.78 is 2.68. The maximum atomic E-state index is 13.2. The van der Waals surface area contributed by atoms with Gasteiger partial charge in [-0.2, -0.15) is 0 Å². The zero-order chi connectivity index (χ0) is 22.2. The van der Waals surface area contributed by atoms with Crippen LogP contribution < -0.4 is 4.90 Å². The maximum absolute atomic E-state index is 13.2. The summed E-state index contributed by atoms with van der Waals surface area (Å²) in [6, 6.07) is 23.2. The number of thiocarbonyl (C=S) groups is 1. The third kappa shape index (κ3) is 4.09. The molecule has 1 fully saturated rings. The van der Waals surface area contributed by atoms with Crippen LogP contribution in [0.5, 0.6) is 0 Å². The van der Waals surface area contributed by atoms with E-state index in [1.54, 1.807) is 12.1 Å². The largest absolute Gasteiger partial charge is 0.342 e. The normalized spacial score (nSPS) is 15.3. The molecule has 0 radical (unpaired) electrons. The quantitative estimate of drug-likeness (QED) is 0.218. The van der Waals surface area contributed by atoms with Crippen molar-refractivity contribution in [3.8, 4) is 0 Å². The summed E-state index contributed by atoms with van der Waals surface area (Å²) in [5.74, 6) is -0.142. The molecule has 0 aliphatic carbocycles. The monoisotopic (exact) mass is 494 g/mol. The van der Waals surface area contributed by atoms with Gasteiger partial charge in [-0.15, -0.1) is 0 Å². The van der Waals surface area contributed by atoms with Crippen molar-refractivity contribution >= 4 is 80.1 Å². The van der Waals surface area contributed by atoms with Crippen LogP contribution in [0.2, 0.25) is 10.0 Å². The lowest BCUT2D eigenvalue weighted by Gasteiger charge is -2.14. The van der Waals surface area contributed by atoms with Crippen LogP contribution in [0, 0.1) is 0 Å². The maximum Gasteiger partial charge on any atom is 0.270 e. The highest BCUT2D eigenvalue weighted by molar-refractivity contribution is 8.27. The van der Waals surface area contributed by atoms with Gasteiger partial charge in [-0.3, -0.25) is 9.69 Å². The number of carbonyl (C=O) groups excluding carboxylic acids is 1. The summed E-state index contributed by atoms with van der Waals surface area (Å²) in [6.07, 6.45) is 4.00. The van der Waals surface area contributed by atoms with Gasteiger partial charge < -0.3 is 4.57 Å². The Balaban J connectivity index is 1.52. The molecule has 7 heteroatoms. The minimum atomic E-state index is -0.142. The van der Waals surface area contributed by atoms with E-state index in [0.29, 0.717) is 31.5 Å². The Morgan fingerprint density at radius 2 is 1.72 bits per heavy atom. The molecular formula is C25H16Cl2N2OS2. The predicted octanol–water partition coefficient (Wildman–Crippen LogP) is 7.40. The first-order valence-corrected chi connectivity index (χ1v) is 11.8. The molecule has 1 aliphatic rings. The van der Waals surface area contributed by atoms with Crippen molar-refractivity contribution in [1.29, 1.82) is 0 Å². The van der Waals surface area contributed by atoms with Crippen LogP contribution in [0.3, 0.4) is 0 Å². The number of benzene rings is 3. The van der Waals surface area contributed by atoms with E-state index in [1.165, 1.54) is 16.7 Å². The second-order valence-electron chi connectivity index (χ2n) is 7.35. The molecule has 1 saturated heterocycles. The van der Waals surface area contributed by atoms with Crippen LogP contribution in [-0.2, 0) is 11.3 Å². The van der Waals surface area contributed by atoms with Crippen molar-refractivity contribution in [1.82, 2.24) is 4.57 Å². The summed E-state index contributed by atoms with van der Waals surface area (Å²) in [6.45, 7) is 0.703. The number of aromatic nitrogens is 1. The van der Waals surface area contributed by atoms with Gasteiger partial charge in [0.1, 0.15) is 0 Å². The van der Waals surface area contributed by atoms with Crippen molar-refractivity contribution in [2.24, 2.45) is 0 Å². The molecule has 0 bridgehead atoms. The molecule has 5 rings (SSSR count). The summed E-state index contributed by atoms with van der Waals surface area (Å²) in [4.78, 5) is 15.3. The highest BCUT2D eigenvalue weighted by atomic mass is 35.5. The fourth-order valence-electron chi connectivity index (χ4n) is 3.75. The molecule has 158 valence electrons. The van der Waals surface area contributed by atoms with Crippen molar-refractivity contribution < 1.29 is 4.79 Å². The first-order valence-electron chi connectivity index (χ1n) is 9.85. The topological polar surface area (TPSA) is 25.2 Å². The highest BCUT2D eigenvalue weighted by Crippen LogP contribution is 2.37. The van der Waals surface area contributed by atoms with Gasteiger partial charge in [-0.25, -0.2) is 0 Å². The molecule has 1 aliphatic heterocycles. The van der Waals surface area contributed by atoms with Gasteiger partial charge >= 0.3 is 0 Å². The Bertz CT molecular complexity index is 1390. The SMILES string of the molecule is O=C1/C(=C\c2cn(Cc3ccc(Cl)cc3)c3ccccc23)SC(=S)N1c1cccc(Cl)c1. The zero-order valence-corrected chi connectivity index (χ0v) is 19.8. The van der Waals surface area contributed by atoms with Crippen LogP contribution in [0.4, 0.5) is 5.69 Å². The molecule has 0 saturated carbocycles. The molecule has 32 heavy (non-hydrogen) atoms. The van der Waals surface area contributed by atoms with Crippen LogP contribution >= 0.6 is 47.2 Å². The van der Waals surface area contributed by atoms with E-state index in [9.17, 15) is 4.79 Å². The number of carbonyl (C=O) groups is 1. The number of fused-ring (bicyclic) bond motifs is 1. The first kappa shape index (κ1) is 21.3. The number of hydrogen-bond acceptors (Lipinski definition) is 3. The Kier molecular flexibility index (Phi) is 5.82. The fraction of sp³-hybridized carbons (Fsp3) is 0.0400. The first-order chi connectivity index (χ1) is 15.5. The lowest BCUT2D eigenvalue weighted by atomic mass is 10.1. The van der Waals surface area contributed by atoms with E-state index < -0.39 is 0 Å². The predicted molar refractivity (Wildman–Crippen MR) is 140 cm³/mol. The van der Waals surface area contributed by atoms with Gasteiger partial charge in [0.25, 0.3) is 5.91 Å².